The molecule has 0 aliphatic rings. The summed E-state index contributed by atoms with van der Waals surface area (Å²) in [4.78, 5) is 21.4. The fraction of sp³-hybridized carbons (Fsp3) is 0.0455. The maximum absolute atomic E-state index is 12.9. The van der Waals surface area contributed by atoms with Crippen LogP contribution < -0.4 is 10.1 Å². The Labute approximate surface area is 170 Å². The number of nitrogens with zero attached hydrogens (tertiary/aromatic N) is 2. The van der Waals surface area contributed by atoms with Crippen LogP contribution >= 0.6 is 0 Å². The summed E-state index contributed by atoms with van der Waals surface area (Å²) >= 11 is 0. The fourth-order valence-corrected chi connectivity index (χ4v) is 3.27. The van der Waals surface area contributed by atoms with Crippen LogP contribution in [0.1, 0.15) is 10.4 Å². The van der Waals surface area contributed by atoms with Crippen molar-refractivity contribution in [2.75, 3.05) is 12.4 Å². The molecule has 0 aliphatic carbocycles. The molecular weight excluding hydrogens is 386 g/mol. The lowest BCUT2D eigenvalue weighted by atomic mass is 10.1. The molecular formula is C22H15N3O5. The summed E-state index contributed by atoms with van der Waals surface area (Å²) in [6, 6.07) is 14.0. The van der Waals surface area contributed by atoms with Crippen molar-refractivity contribution >= 4 is 22.8 Å². The Morgan fingerprint density at radius 2 is 1.73 bits per heavy atom. The second-order valence-electron chi connectivity index (χ2n) is 6.32. The van der Waals surface area contributed by atoms with Crippen molar-refractivity contribution < 1.29 is 22.8 Å². The molecule has 0 saturated carbocycles. The quantitative estimate of drug-likeness (QED) is 0.442. The Morgan fingerprint density at radius 1 is 0.967 bits per heavy atom. The number of aromatic nitrogens is 2. The van der Waals surface area contributed by atoms with Crippen LogP contribution in [0.5, 0.6) is 5.75 Å². The summed E-state index contributed by atoms with van der Waals surface area (Å²) in [5.41, 5.74) is 1.25. The highest BCUT2D eigenvalue weighted by atomic mass is 16.5. The minimum absolute atomic E-state index is 0.281. The number of amides is 1. The van der Waals surface area contributed by atoms with Gasteiger partial charge < -0.3 is 23.3 Å². The molecule has 5 rings (SSSR count). The van der Waals surface area contributed by atoms with E-state index in [0.29, 0.717) is 39.5 Å². The van der Waals surface area contributed by atoms with Gasteiger partial charge in [-0.15, -0.1) is 0 Å². The summed E-state index contributed by atoms with van der Waals surface area (Å²) in [6.07, 6.45) is 4.42. The highest BCUT2D eigenvalue weighted by Gasteiger charge is 2.26. The average Bonchev–Trinajstić information content (AvgIpc) is 3.53. The van der Waals surface area contributed by atoms with Crippen LogP contribution in [0.25, 0.3) is 33.9 Å². The third kappa shape index (κ3) is 2.91. The highest BCUT2D eigenvalue weighted by Crippen LogP contribution is 2.42. The second-order valence-corrected chi connectivity index (χ2v) is 6.32. The summed E-state index contributed by atoms with van der Waals surface area (Å²) in [6.45, 7) is 0. The van der Waals surface area contributed by atoms with Gasteiger partial charge in [0, 0.05) is 0 Å². The van der Waals surface area contributed by atoms with Gasteiger partial charge in [0.1, 0.15) is 23.7 Å². The van der Waals surface area contributed by atoms with Crippen LogP contribution in [0.4, 0.5) is 5.82 Å². The summed E-state index contributed by atoms with van der Waals surface area (Å²) in [5.74, 6) is 1.82. The Bertz CT molecular complexity index is 1320. The number of fused-ring (bicyclic) bond motifs is 1. The largest absolute Gasteiger partial charge is 0.496 e. The smallest absolute Gasteiger partial charge is 0.260 e. The zero-order chi connectivity index (χ0) is 20.5. The van der Waals surface area contributed by atoms with Gasteiger partial charge in [-0.3, -0.25) is 4.79 Å². The van der Waals surface area contributed by atoms with Crippen molar-refractivity contribution in [1.82, 2.24) is 9.97 Å². The molecule has 0 spiro atoms. The number of furan rings is 3. The Kier molecular flexibility index (Phi) is 4.29. The number of para-hydroxylation sites is 1. The maximum Gasteiger partial charge on any atom is 0.260 e. The van der Waals surface area contributed by atoms with Crippen LogP contribution in [-0.4, -0.2) is 23.0 Å². The molecule has 148 valence electrons. The zero-order valence-corrected chi connectivity index (χ0v) is 15.8. The molecule has 0 atom stereocenters. The number of hydrogen-bond acceptors (Lipinski definition) is 7. The van der Waals surface area contributed by atoms with Crippen molar-refractivity contribution in [2.24, 2.45) is 0 Å². The van der Waals surface area contributed by atoms with E-state index in [9.17, 15) is 4.79 Å². The van der Waals surface area contributed by atoms with Gasteiger partial charge >= 0.3 is 0 Å². The topological polar surface area (TPSA) is 104 Å². The van der Waals surface area contributed by atoms with E-state index >= 15 is 0 Å². The predicted molar refractivity (Wildman–Crippen MR) is 108 cm³/mol. The van der Waals surface area contributed by atoms with Gasteiger partial charge in [-0.05, 0) is 36.4 Å². The van der Waals surface area contributed by atoms with Gasteiger partial charge in [0.2, 0.25) is 5.71 Å². The molecule has 0 saturated heterocycles. The Hall–Kier alpha value is -4.33. The SMILES string of the molecule is COc1ccccc1C(=O)Nc1ncnc2oc(-c3ccco3)c(-c3ccco3)c12. The first-order valence-corrected chi connectivity index (χ1v) is 9.06. The Morgan fingerprint density at radius 3 is 2.47 bits per heavy atom. The summed E-state index contributed by atoms with van der Waals surface area (Å²) in [7, 11) is 1.51. The Balaban J connectivity index is 1.68. The summed E-state index contributed by atoms with van der Waals surface area (Å²) in [5, 5.41) is 3.34. The summed E-state index contributed by atoms with van der Waals surface area (Å²) < 4.78 is 22.4. The molecule has 8 nitrogen and oxygen atoms in total. The first-order chi connectivity index (χ1) is 14.8. The van der Waals surface area contributed by atoms with Gasteiger partial charge in [0.05, 0.1) is 36.1 Å². The molecule has 0 fully saturated rings. The number of carbonyl (C=O) groups is 1. The third-order valence-electron chi connectivity index (χ3n) is 4.58. The predicted octanol–water partition coefficient (Wildman–Crippen LogP) is 5.00. The number of anilines is 1. The van der Waals surface area contributed by atoms with Crippen molar-refractivity contribution in [3.8, 4) is 28.6 Å². The molecule has 1 amide bonds. The highest BCUT2D eigenvalue weighted by molar-refractivity contribution is 6.12. The normalized spacial score (nSPS) is 11.0. The van der Waals surface area contributed by atoms with Gasteiger partial charge in [0.25, 0.3) is 5.91 Å². The van der Waals surface area contributed by atoms with Crippen LogP contribution in [-0.2, 0) is 0 Å². The number of ether oxygens (including phenoxy) is 1. The van der Waals surface area contributed by atoms with E-state index < -0.39 is 0 Å². The lowest BCUT2D eigenvalue weighted by molar-refractivity contribution is 0.102. The van der Waals surface area contributed by atoms with Crippen LogP contribution in [0.3, 0.4) is 0 Å². The first kappa shape index (κ1) is 17.7. The maximum atomic E-state index is 12.9. The minimum atomic E-state index is -0.376. The first-order valence-electron chi connectivity index (χ1n) is 9.06. The minimum Gasteiger partial charge on any atom is -0.496 e. The second kappa shape index (κ2) is 7.25. The molecule has 30 heavy (non-hydrogen) atoms. The number of rotatable bonds is 5. The third-order valence-corrected chi connectivity index (χ3v) is 4.58. The number of benzene rings is 1. The molecule has 0 bridgehead atoms. The number of methoxy groups -OCH3 is 1. The van der Waals surface area contributed by atoms with E-state index in [2.05, 4.69) is 15.3 Å². The zero-order valence-electron chi connectivity index (χ0n) is 15.8. The van der Waals surface area contributed by atoms with E-state index in [4.69, 9.17) is 18.0 Å². The van der Waals surface area contributed by atoms with E-state index in [1.807, 2.05) is 0 Å². The van der Waals surface area contributed by atoms with Crippen molar-refractivity contribution in [3.63, 3.8) is 0 Å². The van der Waals surface area contributed by atoms with Gasteiger partial charge in [-0.2, -0.15) is 0 Å². The molecule has 4 heterocycles. The molecule has 0 aliphatic heterocycles. The van der Waals surface area contributed by atoms with E-state index in [1.54, 1.807) is 61.1 Å². The molecule has 4 aromatic heterocycles. The van der Waals surface area contributed by atoms with Crippen LogP contribution in [0.2, 0.25) is 0 Å². The van der Waals surface area contributed by atoms with Gasteiger partial charge in [-0.1, -0.05) is 12.1 Å². The fourth-order valence-electron chi connectivity index (χ4n) is 3.27. The van der Waals surface area contributed by atoms with Crippen LogP contribution in [0, 0.1) is 0 Å². The monoisotopic (exact) mass is 401 g/mol. The van der Waals surface area contributed by atoms with Crippen molar-refractivity contribution in [3.05, 3.63) is 72.9 Å². The molecule has 1 aromatic carbocycles. The van der Waals surface area contributed by atoms with Gasteiger partial charge in [-0.25, -0.2) is 9.97 Å². The lowest BCUT2D eigenvalue weighted by Crippen LogP contribution is -2.14. The molecule has 0 unspecified atom stereocenters. The van der Waals surface area contributed by atoms with Crippen molar-refractivity contribution in [2.45, 2.75) is 0 Å². The number of hydrogen-bond donors (Lipinski definition) is 1. The van der Waals surface area contributed by atoms with Crippen LogP contribution in [0.15, 0.2) is 80.6 Å². The lowest BCUT2D eigenvalue weighted by Gasteiger charge is -2.09. The number of nitrogens with one attached hydrogen (secondary N) is 1. The standard InChI is InChI=1S/C22H15N3O5/c1-27-14-7-3-2-6-13(14)21(26)25-20-18-17(15-8-4-10-28-15)19(16-9-5-11-29-16)30-22(18)24-12-23-20/h2-12H,1H3,(H,23,24,25,26). The van der Waals surface area contributed by atoms with E-state index in [-0.39, 0.29) is 17.4 Å². The van der Waals surface area contributed by atoms with E-state index in [1.165, 1.54) is 13.4 Å². The molecule has 1 N–H and O–H groups in total. The molecule has 0 radical (unpaired) electrons. The average molecular weight is 401 g/mol. The number of carbonyl (C=O) groups excluding carboxylic acids is 1. The molecule has 8 heteroatoms. The molecule has 5 aromatic rings. The van der Waals surface area contributed by atoms with E-state index in [0.717, 1.165) is 0 Å². The van der Waals surface area contributed by atoms with Gasteiger partial charge in [0.15, 0.2) is 11.5 Å². The van der Waals surface area contributed by atoms with Crippen molar-refractivity contribution in [1.29, 1.82) is 0 Å².